The Morgan fingerprint density at radius 3 is 2.63 bits per heavy atom. The highest BCUT2D eigenvalue weighted by Gasteiger charge is 2.47. The zero-order chi connectivity index (χ0) is 13.5. The first-order chi connectivity index (χ1) is 9.12. The Bertz CT molecular complexity index is 464. The van der Waals surface area contributed by atoms with E-state index in [4.69, 9.17) is 10.5 Å². The van der Waals surface area contributed by atoms with E-state index in [0.717, 1.165) is 22.7 Å². The lowest BCUT2D eigenvalue weighted by molar-refractivity contribution is 0.180. The van der Waals surface area contributed by atoms with Gasteiger partial charge in [0.05, 0.1) is 11.1 Å². The third kappa shape index (κ3) is 2.55. The maximum absolute atomic E-state index is 6.13. The molecular formula is C16H22BrNO. The number of rotatable bonds is 5. The molecule has 2 saturated carbocycles. The van der Waals surface area contributed by atoms with Crippen LogP contribution in [0.4, 0.5) is 0 Å². The van der Waals surface area contributed by atoms with Gasteiger partial charge in [0.1, 0.15) is 5.75 Å². The Labute approximate surface area is 123 Å². The summed E-state index contributed by atoms with van der Waals surface area (Å²) in [6, 6.07) is 6.71. The Balaban J connectivity index is 1.70. The van der Waals surface area contributed by atoms with Crippen LogP contribution in [0.2, 0.25) is 0 Å². The molecule has 2 nitrogen and oxygen atoms in total. The van der Waals surface area contributed by atoms with Crippen molar-refractivity contribution in [3.63, 3.8) is 0 Å². The van der Waals surface area contributed by atoms with Gasteiger partial charge in [0.15, 0.2) is 0 Å². The summed E-state index contributed by atoms with van der Waals surface area (Å²) in [4.78, 5) is 0. The number of ether oxygens (including phenoxy) is 1. The molecule has 0 radical (unpaired) electrons. The molecule has 2 aliphatic rings. The van der Waals surface area contributed by atoms with Crippen molar-refractivity contribution in [3.8, 4) is 5.75 Å². The second-order valence-electron chi connectivity index (χ2n) is 6.20. The van der Waals surface area contributed by atoms with E-state index >= 15 is 0 Å². The third-order valence-corrected chi connectivity index (χ3v) is 5.49. The fraction of sp³-hybridized carbons (Fsp3) is 0.625. The van der Waals surface area contributed by atoms with Crippen LogP contribution in [0.15, 0.2) is 22.7 Å². The summed E-state index contributed by atoms with van der Waals surface area (Å²) in [6.45, 7) is 2.97. The number of halogens is 1. The molecule has 0 heterocycles. The largest absolute Gasteiger partial charge is 0.492 e. The van der Waals surface area contributed by atoms with Gasteiger partial charge in [-0.15, -0.1) is 0 Å². The average Bonchev–Trinajstić information content (AvgIpc) is 3.10. The van der Waals surface area contributed by atoms with E-state index in [-0.39, 0.29) is 11.5 Å². The van der Waals surface area contributed by atoms with Crippen molar-refractivity contribution < 1.29 is 4.74 Å². The molecule has 0 aromatic heterocycles. The minimum absolute atomic E-state index is 0.217. The normalized spacial score (nSPS) is 22.7. The molecule has 3 rings (SSSR count). The van der Waals surface area contributed by atoms with Crippen LogP contribution >= 0.6 is 15.9 Å². The molecule has 0 spiro atoms. The fourth-order valence-electron chi connectivity index (χ4n) is 2.94. The van der Waals surface area contributed by atoms with Gasteiger partial charge in [0, 0.05) is 11.5 Å². The molecule has 0 bridgehead atoms. The SMILES string of the molecule is CC(N)C1(c2ccc(OCC3CCC3)c(Br)c2)CC1. The van der Waals surface area contributed by atoms with Gasteiger partial charge < -0.3 is 10.5 Å². The quantitative estimate of drug-likeness (QED) is 0.888. The molecule has 1 atom stereocenters. The van der Waals surface area contributed by atoms with Crippen molar-refractivity contribution in [1.82, 2.24) is 0 Å². The van der Waals surface area contributed by atoms with Gasteiger partial charge in [-0.05, 0) is 72.2 Å². The molecule has 104 valence electrons. The Morgan fingerprint density at radius 1 is 1.42 bits per heavy atom. The van der Waals surface area contributed by atoms with E-state index in [0.29, 0.717) is 0 Å². The summed E-state index contributed by atoms with van der Waals surface area (Å²) in [5.74, 6) is 1.74. The van der Waals surface area contributed by atoms with Crippen molar-refractivity contribution in [2.75, 3.05) is 6.61 Å². The molecule has 19 heavy (non-hydrogen) atoms. The number of nitrogens with two attached hydrogens (primary N) is 1. The minimum atomic E-state index is 0.217. The average molecular weight is 324 g/mol. The zero-order valence-corrected chi connectivity index (χ0v) is 13.1. The van der Waals surface area contributed by atoms with Crippen LogP contribution in [0.25, 0.3) is 0 Å². The van der Waals surface area contributed by atoms with Gasteiger partial charge in [-0.3, -0.25) is 0 Å². The van der Waals surface area contributed by atoms with Crippen LogP contribution in [-0.4, -0.2) is 12.6 Å². The molecule has 0 saturated heterocycles. The van der Waals surface area contributed by atoms with Crippen LogP contribution < -0.4 is 10.5 Å². The number of benzene rings is 1. The van der Waals surface area contributed by atoms with Crippen molar-refractivity contribution in [1.29, 1.82) is 0 Å². The molecule has 0 amide bonds. The highest BCUT2D eigenvalue weighted by atomic mass is 79.9. The van der Waals surface area contributed by atoms with E-state index in [1.54, 1.807) is 0 Å². The van der Waals surface area contributed by atoms with Gasteiger partial charge >= 0.3 is 0 Å². The van der Waals surface area contributed by atoms with Crippen molar-refractivity contribution in [3.05, 3.63) is 28.2 Å². The van der Waals surface area contributed by atoms with Crippen LogP contribution in [-0.2, 0) is 5.41 Å². The highest BCUT2D eigenvalue weighted by Crippen LogP contribution is 2.51. The molecule has 1 unspecified atom stereocenters. The molecule has 1 aromatic carbocycles. The van der Waals surface area contributed by atoms with Crippen molar-refractivity contribution in [2.45, 2.75) is 50.5 Å². The maximum atomic E-state index is 6.13. The van der Waals surface area contributed by atoms with E-state index in [1.165, 1.54) is 37.7 Å². The second kappa shape index (κ2) is 5.10. The van der Waals surface area contributed by atoms with E-state index < -0.39 is 0 Å². The van der Waals surface area contributed by atoms with Crippen molar-refractivity contribution in [2.24, 2.45) is 11.7 Å². The maximum Gasteiger partial charge on any atom is 0.133 e. The topological polar surface area (TPSA) is 35.2 Å². The first-order valence-corrected chi connectivity index (χ1v) is 8.09. The summed E-state index contributed by atoms with van der Waals surface area (Å²) < 4.78 is 6.98. The lowest BCUT2D eigenvalue weighted by Gasteiger charge is -2.26. The molecule has 2 N–H and O–H groups in total. The van der Waals surface area contributed by atoms with Crippen LogP contribution in [0, 0.1) is 5.92 Å². The zero-order valence-electron chi connectivity index (χ0n) is 11.5. The molecule has 0 aliphatic heterocycles. The number of hydrogen-bond acceptors (Lipinski definition) is 2. The molecule has 3 heteroatoms. The smallest absolute Gasteiger partial charge is 0.133 e. The Hall–Kier alpha value is -0.540. The first-order valence-electron chi connectivity index (χ1n) is 7.30. The summed E-state index contributed by atoms with van der Waals surface area (Å²) in [7, 11) is 0. The van der Waals surface area contributed by atoms with E-state index in [9.17, 15) is 0 Å². The van der Waals surface area contributed by atoms with Gasteiger partial charge in [-0.2, -0.15) is 0 Å². The lowest BCUT2D eigenvalue weighted by atomic mass is 9.86. The summed E-state index contributed by atoms with van der Waals surface area (Å²) in [6.07, 6.45) is 6.43. The third-order valence-electron chi connectivity index (χ3n) is 4.87. The minimum Gasteiger partial charge on any atom is -0.492 e. The predicted octanol–water partition coefficient (Wildman–Crippen LogP) is 4.01. The Morgan fingerprint density at radius 2 is 2.16 bits per heavy atom. The predicted molar refractivity (Wildman–Crippen MR) is 81.5 cm³/mol. The van der Waals surface area contributed by atoms with Crippen molar-refractivity contribution >= 4 is 15.9 Å². The summed E-state index contributed by atoms with van der Waals surface area (Å²) >= 11 is 3.64. The molecule has 2 aliphatic carbocycles. The number of hydrogen-bond donors (Lipinski definition) is 1. The molecular weight excluding hydrogens is 302 g/mol. The van der Waals surface area contributed by atoms with E-state index in [2.05, 4.69) is 41.1 Å². The Kier molecular flexibility index (Phi) is 3.61. The fourth-order valence-corrected chi connectivity index (χ4v) is 3.43. The summed E-state index contributed by atoms with van der Waals surface area (Å²) in [5, 5.41) is 0. The van der Waals surface area contributed by atoms with Gasteiger partial charge in [0.25, 0.3) is 0 Å². The van der Waals surface area contributed by atoms with E-state index in [1.807, 2.05) is 0 Å². The first kappa shape index (κ1) is 13.4. The van der Waals surface area contributed by atoms with Crippen LogP contribution in [0.3, 0.4) is 0 Å². The highest BCUT2D eigenvalue weighted by molar-refractivity contribution is 9.10. The molecule has 2 fully saturated rings. The second-order valence-corrected chi connectivity index (χ2v) is 7.05. The monoisotopic (exact) mass is 323 g/mol. The lowest BCUT2D eigenvalue weighted by Crippen LogP contribution is -2.31. The van der Waals surface area contributed by atoms with Crippen LogP contribution in [0.5, 0.6) is 5.75 Å². The molecule has 1 aromatic rings. The van der Waals surface area contributed by atoms with Gasteiger partial charge in [-0.1, -0.05) is 12.5 Å². The van der Waals surface area contributed by atoms with Gasteiger partial charge in [-0.25, -0.2) is 0 Å². The standard InChI is InChI=1S/C16H22BrNO/c1-11(18)16(7-8-16)13-5-6-15(14(17)9-13)19-10-12-3-2-4-12/h5-6,9,11-12H,2-4,7-8,10,18H2,1H3. The van der Waals surface area contributed by atoms with Crippen LogP contribution in [0.1, 0.15) is 44.6 Å². The summed E-state index contributed by atoms with van der Waals surface area (Å²) in [5.41, 5.74) is 7.70. The van der Waals surface area contributed by atoms with Gasteiger partial charge in [0.2, 0.25) is 0 Å².